The largest absolute Gasteiger partial charge is 0.490 e. The van der Waals surface area contributed by atoms with Gasteiger partial charge in [-0.2, -0.15) is 5.10 Å². The van der Waals surface area contributed by atoms with Crippen LogP contribution < -0.4 is 14.8 Å². The summed E-state index contributed by atoms with van der Waals surface area (Å²) in [5, 5.41) is 7.30. The maximum absolute atomic E-state index is 12.2. The first-order valence-corrected chi connectivity index (χ1v) is 9.23. The molecule has 0 unspecified atom stereocenters. The van der Waals surface area contributed by atoms with Crippen LogP contribution in [0, 0.1) is 0 Å². The molecule has 25 heavy (non-hydrogen) atoms. The molecule has 0 saturated heterocycles. The number of ether oxygens (including phenoxy) is 2. The van der Waals surface area contributed by atoms with Crippen molar-refractivity contribution in [1.82, 2.24) is 15.1 Å². The summed E-state index contributed by atoms with van der Waals surface area (Å²) in [6.45, 7) is 8.16. The van der Waals surface area contributed by atoms with Crippen molar-refractivity contribution in [2.24, 2.45) is 0 Å². The van der Waals surface area contributed by atoms with Gasteiger partial charge in [-0.15, -0.1) is 0 Å². The number of nitrogens with zero attached hydrogens (tertiary/aromatic N) is 2. The molecule has 1 aromatic heterocycles. The van der Waals surface area contributed by atoms with Crippen LogP contribution >= 0.6 is 15.9 Å². The molecule has 7 heteroatoms. The van der Waals surface area contributed by atoms with Crippen LogP contribution in [0.5, 0.6) is 11.5 Å². The Morgan fingerprint density at radius 2 is 1.92 bits per heavy atom. The average Bonchev–Trinajstić information content (AvgIpc) is 2.96. The minimum atomic E-state index is -0.0652. The second-order valence-corrected chi connectivity index (χ2v) is 6.23. The minimum absolute atomic E-state index is 0.0652. The van der Waals surface area contributed by atoms with Crippen LogP contribution in [0.2, 0.25) is 0 Å². The van der Waals surface area contributed by atoms with E-state index >= 15 is 0 Å². The lowest BCUT2D eigenvalue weighted by Gasteiger charge is -2.12. The van der Waals surface area contributed by atoms with Crippen LogP contribution in [0.4, 0.5) is 0 Å². The van der Waals surface area contributed by atoms with Gasteiger partial charge in [0.2, 0.25) is 5.91 Å². The predicted octanol–water partition coefficient (Wildman–Crippen LogP) is 3.32. The van der Waals surface area contributed by atoms with Crippen LogP contribution in [0.15, 0.2) is 28.9 Å². The summed E-state index contributed by atoms with van der Waals surface area (Å²) in [4.78, 5) is 12.2. The van der Waals surface area contributed by atoms with E-state index in [1.165, 1.54) is 0 Å². The third-order valence-corrected chi connectivity index (χ3v) is 4.20. The first-order chi connectivity index (χ1) is 12.1. The van der Waals surface area contributed by atoms with E-state index in [2.05, 4.69) is 26.3 Å². The van der Waals surface area contributed by atoms with Gasteiger partial charge < -0.3 is 14.8 Å². The van der Waals surface area contributed by atoms with Gasteiger partial charge in [-0.25, -0.2) is 0 Å². The second kappa shape index (κ2) is 9.46. The van der Waals surface area contributed by atoms with Crippen molar-refractivity contribution in [2.45, 2.75) is 40.3 Å². The molecule has 0 radical (unpaired) electrons. The van der Waals surface area contributed by atoms with Crippen molar-refractivity contribution in [1.29, 1.82) is 0 Å². The predicted molar refractivity (Wildman–Crippen MR) is 99.9 cm³/mol. The molecule has 0 aliphatic heterocycles. The van der Waals surface area contributed by atoms with Gasteiger partial charge in [-0.3, -0.25) is 9.48 Å². The molecular formula is C18H24BrN3O3. The van der Waals surface area contributed by atoms with E-state index in [-0.39, 0.29) is 12.3 Å². The fraction of sp³-hybridized carbons (Fsp3) is 0.444. The number of hydrogen-bond donors (Lipinski definition) is 1. The number of halogens is 1. The first-order valence-electron chi connectivity index (χ1n) is 8.44. The number of hydrogen-bond acceptors (Lipinski definition) is 4. The van der Waals surface area contributed by atoms with Crippen LogP contribution in [-0.2, 0) is 24.3 Å². The molecule has 6 nitrogen and oxygen atoms in total. The van der Waals surface area contributed by atoms with Crippen LogP contribution in [0.3, 0.4) is 0 Å². The number of benzene rings is 1. The van der Waals surface area contributed by atoms with Crippen molar-refractivity contribution in [3.63, 3.8) is 0 Å². The Kier molecular flexibility index (Phi) is 7.31. The molecule has 1 aromatic carbocycles. The molecule has 2 rings (SSSR count). The Hall–Kier alpha value is -2.02. The summed E-state index contributed by atoms with van der Waals surface area (Å²) in [7, 11) is 0. The summed E-state index contributed by atoms with van der Waals surface area (Å²) in [6.07, 6.45) is 2.18. The fourth-order valence-corrected chi connectivity index (χ4v) is 2.81. The van der Waals surface area contributed by atoms with E-state index in [9.17, 15) is 4.79 Å². The van der Waals surface area contributed by atoms with E-state index in [0.717, 1.165) is 22.3 Å². The van der Waals surface area contributed by atoms with E-state index in [1.807, 2.05) is 49.8 Å². The first kappa shape index (κ1) is 19.3. The normalized spacial score (nSPS) is 10.6. The maximum atomic E-state index is 12.2. The zero-order chi connectivity index (χ0) is 18.2. The number of carbonyl (C=O) groups excluding carboxylic acids is 1. The number of amides is 1. The zero-order valence-corrected chi connectivity index (χ0v) is 16.4. The number of nitrogens with one attached hydrogen (secondary N) is 1. The summed E-state index contributed by atoms with van der Waals surface area (Å²) in [5.74, 6) is 1.30. The molecule has 1 N–H and O–H groups in total. The molecule has 0 spiro atoms. The highest BCUT2D eigenvalue weighted by Crippen LogP contribution is 2.28. The second-order valence-electron chi connectivity index (χ2n) is 5.38. The standard InChI is InChI=1S/C18H24BrN3O3/c1-4-22-12-14(19)15(21-22)11-20-18(23)10-13-7-8-16(24-5-2)17(9-13)25-6-3/h7-9,12H,4-6,10-11H2,1-3H3,(H,20,23). The van der Waals surface area contributed by atoms with E-state index in [4.69, 9.17) is 9.47 Å². The third-order valence-electron chi connectivity index (χ3n) is 3.54. The highest BCUT2D eigenvalue weighted by atomic mass is 79.9. The van der Waals surface area contributed by atoms with E-state index in [1.54, 1.807) is 0 Å². The molecular weight excluding hydrogens is 386 g/mol. The molecule has 1 heterocycles. The average molecular weight is 410 g/mol. The summed E-state index contributed by atoms with van der Waals surface area (Å²) < 4.78 is 13.9. The SMILES string of the molecule is CCOc1ccc(CC(=O)NCc2nn(CC)cc2Br)cc1OCC. The van der Waals surface area contributed by atoms with E-state index < -0.39 is 0 Å². The smallest absolute Gasteiger partial charge is 0.224 e. The van der Waals surface area contributed by atoms with Gasteiger partial charge in [-0.05, 0) is 54.4 Å². The Balaban J connectivity index is 1.97. The lowest BCUT2D eigenvalue weighted by molar-refractivity contribution is -0.120. The van der Waals surface area contributed by atoms with Gasteiger partial charge in [0.1, 0.15) is 0 Å². The number of carbonyl (C=O) groups is 1. The topological polar surface area (TPSA) is 65.4 Å². The van der Waals surface area contributed by atoms with Crippen LogP contribution in [0.25, 0.3) is 0 Å². The van der Waals surface area contributed by atoms with Crippen molar-refractivity contribution < 1.29 is 14.3 Å². The summed E-state index contributed by atoms with van der Waals surface area (Å²) >= 11 is 3.46. The van der Waals surface area contributed by atoms with Crippen molar-refractivity contribution >= 4 is 21.8 Å². The highest BCUT2D eigenvalue weighted by molar-refractivity contribution is 9.10. The summed E-state index contributed by atoms with van der Waals surface area (Å²) in [6, 6.07) is 5.58. The van der Waals surface area contributed by atoms with Crippen LogP contribution in [-0.4, -0.2) is 28.9 Å². The van der Waals surface area contributed by atoms with Crippen LogP contribution in [0.1, 0.15) is 32.0 Å². The van der Waals surface area contributed by atoms with Gasteiger partial charge in [-0.1, -0.05) is 6.07 Å². The number of rotatable bonds is 9. The molecule has 0 aliphatic carbocycles. The Morgan fingerprint density at radius 3 is 2.56 bits per heavy atom. The molecule has 2 aromatic rings. The van der Waals surface area contributed by atoms with Crippen molar-refractivity contribution in [3.05, 3.63) is 40.1 Å². The zero-order valence-electron chi connectivity index (χ0n) is 14.8. The monoisotopic (exact) mass is 409 g/mol. The quantitative estimate of drug-likeness (QED) is 0.689. The lowest BCUT2D eigenvalue weighted by Crippen LogP contribution is -2.25. The molecule has 0 atom stereocenters. The third kappa shape index (κ3) is 5.49. The Bertz CT molecular complexity index is 716. The molecule has 0 fully saturated rings. The fourth-order valence-electron chi connectivity index (χ4n) is 2.35. The van der Waals surface area contributed by atoms with Crippen molar-refractivity contribution in [2.75, 3.05) is 13.2 Å². The van der Waals surface area contributed by atoms with E-state index in [0.29, 0.717) is 31.3 Å². The summed E-state index contributed by atoms with van der Waals surface area (Å²) in [5.41, 5.74) is 1.69. The maximum Gasteiger partial charge on any atom is 0.224 e. The molecule has 0 saturated carbocycles. The van der Waals surface area contributed by atoms with Gasteiger partial charge in [0.25, 0.3) is 0 Å². The van der Waals surface area contributed by atoms with Gasteiger partial charge in [0, 0.05) is 12.7 Å². The molecule has 0 bridgehead atoms. The number of aromatic nitrogens is 2. The van der Waals surface area contributed by atoms with Gasteiger partial charge >= 0.3 is 0 Å². The van der Waals surface area contributed by atoms with Crippen molar-refractivity contribution in [3.8, 4) is 11.5 Å². The number of aryl methyl sites for hydroxylation is 1. The van der Waals surface area contributed by atoms with Gasteiger partial charge in [0.05, 0.1) is 36.3 Å². The minimum Gasteiger partial charge on any atom is -0.490 e. The Morgan fingerprint density at radius 1 is 1.20 bits per heavy atom. The molecule has 136 valence electrons. The highest BCUT2D eigenvalue weighted by Gasteiger charge is 2.11. The molecule has 0 aliphatic rings. The lowest BCUT2D eigenvalue weighted by atomic mass is 10.1. The van der Waals surface area contributed by atoms with Gasteiger partial charge in [0.15, 0.2) is 11.5 Å². The Labute approximate surface area is 156 Å². The molecule has 1 amide bonds.